The summed E-state index contributed by atoms with van der Waals surface area (Å²) >= 11 is 0. The number of likely N-dealkylation sites (tertiary alicyclic amines) is 1. The predicted octanol–water partition coefficient (Wildman–Crippen LogP) is 1.62. The van der Waals surface area contributed by atoms with Crippen molar-refractivity contribution >= 4 is 0 Å². The molecule has 1 aromatic carbocycles. The van der Waals surface area contributed by atoms with Gasteiger partial charge in [0.1, 0.15) is 5.75 Å². The van der Waals surface area contributed by atoms with E-state index < -0.39 is 0 Å². The number of fused-ring (bicyclic) bond motifs is 1. The van der Waals surface area contributed by atoms with Crippen LogP contribution in [-0.2, 0) is 0 Å². The molecule has 92 valence electrons. The number of nitrogens with zero attached hydrogens (tertiary/aromatic N) is 1. The number of para-hydroxylation sites is 1. The van der Waals surface area contributed by atoms with Crippen LogP contribution in [0, 0.1) is 0 Å². The molecule has 1 N–H and O–H groups in total. The highest BCUT2D eigenvalue weighted by atomic mass is 16.5. The van der Waals surface area contributed by atoms with Crippen LogP contribution < -0.4 is 4.74 Å². The molecule has 0 aromatic heterocycles. The van der Waals surface area contributed by atoms with Crippen molar-refractivity contribution in [1.29, 1.82) is 0 Å². The van der Waals surface area contributed by atoms with Crippen molar-refractivity contribution in [2.45, 2.75) is 24.9 Å². The second kappa shape index (κ2) is 4.67. The van der Waals surface area contributed by atoms with E-state index in [4.69, 9.17) is 4.74 Å². The van der Waals surface area contributed by atoms with Gasteiger partial charge in [-0.25, -0.2) is 0 Å². The highest BCUT2D eigenvalue weighted by Gasteiger charge is 2.27. The third-order valence-electron chi connectivity index (χ3n) is 3.83. The topological polar surface area (TPSA) is 32.7 Å². The highest BCUT2D eigenvalue weighted by Crippen LogP contribution is 2.34. The smallest absolute Gasteiger partial charge is 0.122 e. The number of hydrogen-bond acceptors (Lipinski definition) is 3. The molecule has 0 aliphatic carbocycles. The summed E-state index contributed by atoms with van der Waals surface area (Å²) in [6.45, 7) is 3.89. The number of rotatable bonds is 2. The minimum atomic E-state index is -0.0848. The Hall–Kier alpha value is -1.06. The maximum atomic E-state index is 9.49. The Balaban J connectivity index is 1.64. The first-order valence-electron chi connectivity index (χ1n) is 6.45. The molecular formula is C14H19NO2. The van der Waals surface area contributed by atoms with E-state index in [0.717, 1.165) is 44.8 Å². The van der Waals surface area contributed by atoms with E-state index in [1.807, 2.05) is 6.07 Å². The number of benzene rings is 1. The van der Waals surface area contributed by atoms with Crippen molar-refractivity contribution in [3.8, 4) is 5.75 Å². The van der Waals surface area contributed by atoms with E-state index in [2.05, 4.69) is 23.1 Å². The standard InChI is InChI=1S/C14H19NO2/c16-12-5-7-15(8-6-12)9-11-10-17-14-4-2-1-3-13(11)14/h1-4,11-12,16H,5-10H2. The quantitative estimate of drug-likeness (QED) is 0.842. The van der Waals surface area contributed by atoms with Crippen molar-refractivity contribution in [3.05, 3.63) is 29.8 Å². The molecule has 1 atom stereocenters. The van der Waals surface area contributed by atoms with Gasteiger partial charge < -0.3 is 14.7 Å². The van der Waals surface area contributed by atoms with E-state index in [1.165, 1.54) is 5.56 Å². The molecule has 1 fully saturated rings. The Morgan fingerprint density at radius 2 is 2.00 bits per heavy atom. The monoisotopic (exact) mass is 233 g/mol. The first-order valence-corrected chi connectivity index (χ1v) is 6.45. The van der Waals surface area contributed by atoms with Crippen LogP contribution in [0.3, 0.4) is 0 Å². The van der Waals surface area contributed by atoms with Gasteiger partial charge in [-0.3, -0.25) is 0 Å². The summed E-state index contributed by atoms with van der Waals surface area (Å²) < 4.78 is 5.70. The lowest BCUT2D eigenvalue weighted by atomic mass is 9.99. The zero-order chi connectivity index (χ0) is 11.7. The third kappa shape index (κ3) is 2.31. The van der Waals surface area contributed by atoms with E-state index in [1.54, 1.807) is 0 Å². The number of aliphatic hydroxyl groups excluding tert-OH is 1. The average molecular weight is 233 g/mol. The molecule has 1 saturated heterocycles. The second-order valence-electron chi connectivity index (χ2n) is 5.08. The summed E-state index contributed by atoms with van der Waals surface area (Å²) in [6, 6.07) is 8.33. The first-order chi connectivity index (χ1) is 8.33. The summed E-state index contributed by atoms with van der Waals surface area (Å²) in [5.74, 6) is 1.55. The molecule has 3 heteroatoms. The Morgan fingerprint density at radius 3 is 2.82 bits per heavy atom. The van der Waals surface area contributed by atoms with E-state index >= 15 is 0 Å². The van der Waals surface area contributed by atoms with Gasteiger partial charge in [-0.05, 0) is 18.9 Å². The summed E-state index contributed by atoms with van der Waals surface area (Å²) in [7, 11) is 0. The Labute approximate surface area is 102 Å². The van der Waals surface area contributed by atoms with Crippen molar-refractivity contribution in [3.63, 3.8) is 0 Å². The molecule has 0 amide bonds. The van der Waals surface area contributed by atoms with Gasteiger partial charge in [-0.2, -0.15) is 0 Å². The van der Waals surface area contributed by atoms with E-state index in [-0.39, 0.29) is 6.10 Å². The molecular weight excluding hydrogens is 214 g/mol. The second-order valence-corrected chi connectivity index (χ2v) is 5.08. The number of aliphatic hydroxyl groups is 1. The highest BCUT2D eigenvalue weighted by molar-refractivity contribution is 5.39. The van der Waals surface area contributed by atoms with Crippen LogP contribution in [0.4, 0.5) is 0 Å². The lowest BCUT2D eigenvalue weighted by molar-refractivity contribution is 0.0783. The molecule has 0 spiro atoms. The lowest BCUT2D eigenvalue weighted by Crippen LogP contribution is -2.38. The Morgan fingerprint density at radius 1 is 1.24 bits per heavy atom. The average Bonchev–Trinajstić information content (AvgIpc) is 2.76. The third-order valence-corrected chi connectivity index (χ3v) is 3.83. The van der Waals surface area contributed by atoms with E-state index in [0.29, 0.717) is 5.92 Å². The number of hydrogen-bond donors (Lipinski definition) is 1. The largest absolute Gasteiger partial charge is 0.493 e. The normalized spacial score (nSPS) is 25.6. The predicted molar refractivity (Wildman–Crippen MR) is 66.4 cm³/mol. The van der Waals surface area contributed by atoms with Gasteiger partial charge in [0.15, 0.2) is 0 Å². The van der Waals surface area contributed by atoms with Crippen molar-refractivity contribution in [1.82, 2.24) is 4.90 Å². The molecule has 2 heterocycles. The first kappa shape index (κ1) is 11.1. The number of piperidine rings is 1. The number of ether oxygens (including phenoxy) is 1. The molecule has 3 nitrogen and oxygen atoms in total. The molecule has 2 aliphatic rings. The molecule has 3 rings (SSSR count). The van der Waals surface area contributed by atoms with Gasteiger partial charge in [0.2, 0.25) is 0 Å². The fraction of sp³-hybridized carbons (Fsp3) is 0.571. The zero-order valence-electron chi connectivity index (χ0n) is 10.0. The van der Waals surface area contributed by atoms with Crippen molar-refractivity contribution in [2.75, 3.05) is 26.2 Å². The van der Waals surface area contributed by atoms with E-state index in [9.17, 15) is 5.11 Å². The maximum absolute atomic E-state index is 9.49. The van der Waals surface area contributed by atoms with Crippen molar-refractivity contribution < 1.29 is 9.84 Å². The Bertz CT molecular complexity index is 386. The van der Waals surface area contributed by atoms with Gasteiger partial charge in [-0.15, -0.1) is 0 Å². The van der Waals surface area contributed by atoms with Gasteiger partial charge in [0.25, 0.3) is 0 Å². The van der Waals surface area contributed by atoms with Gasteiger partial charge in [0, 0.05) is 31.1 Å². The molecule has 1 aromatic rings. The fourth-order valence-electron chi connectivity index (χ4n) is 2.79. The van der Waals surface area contributed by atoms with Crippen LogP contribution in [0.5, 0.6) is 5.75 Å². The SMILES string of the molecule is OC1CCN(CC2COc3ccccc32)CC1. The van der Waals surface area contributed by atoms with Crippen LogP contribution >= 0.6 is 0 Å². The van der Waals surface area contributed by atoms with Gasteiger partial charge in [0.05, 0.1) is 12.7 Å². The minimum Gasteiger partial charge on any atom is -0.493 e. The summed E-state index contributed by atoms with van der Waals surface area (Å²) in [5.41, 5.74) is 1.35. The fourth-order valence-corrected chi connectivity index (χ4v) is 2.79. The van der Waals surface area contributed by atoms with Crippen LogP contribution in [0.25, 0.3) is 0 Å². The molecule has 1 unspecified atom stereocenters. The van der Waals surface area contributed by atoms with Crippen molar-refractivity contribution in [2.24, 2.45) is 0 Å². The lowest BCUT2D eigenvalue weighted by Gasteiger charge is -2.31. The van der Waals surface area contributed by atoms with Crippen LogP contribution in [0.2, 0.25) is 0 Å². The summed E-state index contributed by atoms with van der Waals surface area (Å²) in [4.78, 5) is 2.45. The van der Waals surface area contributed by atoms with Crippen LogP contribution in [0.1, 0.15) is 24.3 Å². The maximum Gasteiger partial charge on any atom is 0.122 e. The van der Waals surface area contributed by atoms with Gasteiger partial charge in [-0.1, -0.05) is 18.2 Å². The van der Waals surface area contributed by atoms with Crippen LogP contribution in [0.15, 0.2) is 24.3 Å². The minimum absolute atomic E-state index is 0.0848. The molecule has 0 bridgehead atoms. The summed E-state index contributed by atoms with van der Waals surface area (Å²) in [6.07, 6.45) is 1.74. The Kier molecular flexibility index (Phi) is 3.04. The zero-order valence-corrected chi connectivity index (χ0v) is 10.0. The summed E-state index contributed by atoms with van der Waals surface area (Å²) in [5, 5.41) is 9.49. The molecule has 0 saturated carbocycles. The van der Waals surface area contributed by atoms with Crippen LogP contribution in [-0.4, -0.2) is 42.4 Å². The molecule has 2 aliphatic heterocycles. The molecule has 17 heavy (non-hydrogen) atoms. The molecule has 0 radical (unpaired) electrons. The van der Waals surface area contributed by atoms with Gasteiger partial charge >= 0.3 is 0 Å².